The van der Waals surface area contributed by atoms with E-state index >= 15 is 0 Å². The Morgan fingerprint density at radius 2 is 1.95 bits per heavy atom. The maximum atomic E-state index is 12.2. The molecule has 0 aliphatic rings. The molecule has 0 aliphatic carbocycles. The largest absolute Gasteiger partial charge is 0.494 e. The molecule has 0 fully saturated rings. The van der Waals surface area contributed by atoms with Crippen molar-refractivity contribution in [2.45, 2.75) is 46.1 Å². The molecule has 0 saturated heterocycles. The molecule has 3 N–H and O–H groups in total. The summed E-state index contributed by atoms with van der Waals surface area (Å²) in [7, 11) is 0. The van der Waals surface area contributed by atoms with Crippen LogP contribution in [0, 0.1) is 5.92 Å². The van der Waals surface area contributed by atoms with E-state index in [0.29, 0.717) is 24.6 Å². The number of ether oxygens (including phenoxy) is 1. The van der Waals surface area contributed by atoms with Crippen LogP contribution in [0.3, 0.4) is 0 Å². The third-order valence-corrected chi connectivity index (χ3v) is 3.26. The standard InChI is InChI=1S/C17H28N2O2/c1-4-5-10-21-16-8-6-14(7-9-16)17(20)19-15(12-18)11-13(2)3/h6-9,13,15H,4-5,10-12,18H2,1-3H3,(H,19,20). The molecule has 1 unspecified atom stereocenters. The Hall–Kier alpha value is -1.55. The van der Waals surface area contributed by atoms with Gasteiger partial charge in [0, 0.05) is 18.2 Å². The molecule has 4 nitrogen and oxygen atoms in total. The van der Waals surface area contributed by atoms with Crippen LogP contribution in [0.2, 0.25) is 0 Å². The minimum atomic E-state index is -0.0776. The maximum absolute atomic E-state index is 12.2. The summed E-state index contributed by atoms with van der Waals surface area (Å²) in [4.78, 5) is 12.2. The summed E-state index contributed by atoms with van der Waals surface area (Å²) in [6.45, 7) is 7.55. The van der Waals surface area contributed by atoms with E-state index in [1.54, 1.807) is 12.1 Å². The molecule has 1 amide bonds. The zero-order valence-corrected chi connectivity index (χ0v) is 13.4. The van der Waals surface area contributed by atoms with Gasteiger partial charge in [0.15, 0.2) is 0 Å². The lowest BCUT2D eigenvalue weighted by molar-refractivity contribution is 0.0933. The molecular weight excluding hydrogens is 264 g/mol. The molecule has 1 atom stereocenters. The Morgan fingerprint density at radius 1 is 1.29 bits per heavy atom. The first-order valence-electron chi connectivity index (χ1n) is 7.80. The molecule has 0 aromatic heterocycles. The van der Waals surface area contributed by atoms with Crippen molar-refractivity contribution in [3.63, 3.8) is 0 Å². The van der Waals surface area contributed by atoms with Gasteiger partial charge in [-0.3, -0.25) is 4.79 Å². The Bertz CT molecular complexity index is 415. The second-order valence-electron chi connectivity index (χ2n) is 5.76. The van der Waals surface area contributed by atoms with Crippen LogP contribution in [0.1, 0.15) is 50.4 Å². The van der Waals surface area contributed by atoms with Crippen LogP contribution >= 0.6 is 0 Å². The van der Waals surface area contributed by atoms with Gasteiger partial charge < -0.3 is 15.8 Å². The summed E-state index contributed by atoms with van der Waals surface area (Å²) in [6.07, 6.45) is 3.03. The van der Waals surface area contributed by atoms with Crippen LogP contribution in [-0.2, 0) is 0 Å². The van der Waals surface area contributed by atoms with Gasteiger partial charge in [-0.05, 0) is 43.0 Å². The van der Waals surface area contributed by atoms with Crippen molar-refractivity contribution in [2.24, 2.45) is 11.7 Å². The summed E-state index contributed by atoms with van der Waals surface area (Å²) in [5.41, 5.74) is 6.34. The van der Waals surface area contributed by atoms with Crippen molar-refractivity contribution in [3.8, 4) is 5.75 Å². The van der Waals surface area contributed by atoms with Crippen molar-refractivity contribution in [1.82, 2.24) is 5.32 Å². The quantitative estimate of drug-likeness (QED) is 0.688. The van der Waals surface area contributed by atoms with Crippen LogP contribution in [0.4, 0.5) is 0 Å². The van der Waals surface area contributed by atoms with E-state index in [0.717, 1.165) is 25.0 Å². The first-order valence-corrected chi connectivity index (χ1v) is 7.80. The molecule has 0 spiro atoms. The van der Waals surface area contributed by atoms with E-state index in [-0.39, 0.29) is 11.9 Å². The number of hydrogen-bond donors (Lipinski definition) is 2. The fourth-order valence-electron chi connectivity index (χ4n) is 2.09. The highest BCUT2D eigenvalue weighted by atomic mass is 16.5. The molecule has 1 rings (SSSR count). The Balaban J connectivity index is 2.53. The van der Waals surface area contributed by atoms with Crippen molar-refractivity contribution in [1.29, 1.82) is 0 Å². The summed E-state index contributed by atoms with van der Waals surface area (Å²) in [6, 6.07) is 7.28. The molecule has 0 heterocycles. The number of nitrogens with two attached hydrogens (primary N) is 1. The van der Waals surface area contributed by atoms with Crippen molar-refractivity contribution < 1.29 is 9.53 Å². The monoisotopic (exact) mass is 292 g/mol. The molecule has 21 heavy (non-hydrogen) atoms. The predicted octanol–water partition coefficient (Wildman–Crippen LogP) is 2.97. The van der Waals surface area contributed by atoms with Crippen LogP contribution in [-0.4, -0.2) is 25.1 Å². The normalized spacial score (nSPS) is 12.2. The van der Waals surface area contributed by atoms with Gasteiger partial charge >= 0.3 is 0 Å². The molecule has 4 heteroatoms. The second-order valence-corrected chi connectivity index (χ2v) is 5.76. The van der Waals surface area contributed by atoms with E-state index in [2.05, 4.69) is 26.1 Å². The molecule has 1 aromatic carbocycles. The third-order valence-electron chi connectivity index (χ3n) is 3.26. The second kappa shape index (κ2) is 9.40. The average Bonchev–Trinajstić information content (AvgIpc) is 2.47. The molecule has 0 radical (unpaired) electrons. The van der Waals surface area contributed by atoms with E-state index in [9.17, 15) is 4.79 Å². The predicted molar refractivity (Wildman–Crippen MR) is 86.6 cm³/mol. The summed E-state index contributed by atoms with van der Waals surface area (Å²) < 4.78 is 5.58. The summed E-state index contributed by atoms with van der Waals surface area (Å²) >= 11 is 0. The van der Waals surface area contributed by atoms with Gasteiger partial charge in [0.2, 0.25) is 0 Å². The van der Waals surface area contributed by atoms with Crippen LogP contribution in [0.5, 0.6) is 5.75 Å². The minimum absolute atomic E-state index is 0.0259. The fraction of sp³-hybridized carbons (Fsp3) is 0.588. The topological polar surface area (TPSA) is 64.3 Å². The van der Waals surface area contributed by atoms with E-state index in [1.165, 1.54) is 0 Å². The van der Waals surface area contributed by atoms with Gasteiger partial charge in [-0.25, -0.2) is 0 Å². The van der Waals surface area contributed by atoms with E-state index in [1.807, 2.05) is 12.1 Å². The number of carbonyl (C=O) groups excluding carboxylic acids is 1. The highest BCUT2D eigenvalue weighted by Crippen LogP contribution is 2.13. The lowest BCUT2D eigenvalue weighted by atomic mass is 10.0. The van der Waals surface area contributed by atoms with Crippen molar-refractivity contribution in [3.05, 3.63) is 29.8 Å². The van der Waals surface area contributed by atoms with Gasteiger partial charge in [-0.2, -0.15) is 0 Å². The number of nitrogens with one attached hydrogen (secondary N) is 1. The first-order chi connectivity index (χ1) is 10.1. The van der Waals surface area contributed by atoms with Crippen molar-refractivity contribution >= 4 is 5.91 Å². The number of carbonyl (C=O) groups is 1. The molecular formula is C17H28N2O2. The van der Waals surface area contributed by atoms with Gasteiger partial charge in [-0.15, -0.1) is 0 Å². The lowest BCUT2D eigenvalue weighted by Gasteiger charge is -2.18. The first kappa shape index (κ1) is 17.5. The van der Waals surface area contributed by atoms with E-state index < -0.39 is 0 Å². The van der Waals surface area contributed by atoms with Gasteiger partial charge in [0.25, 0.3) is 5.91 Å². The molecule has 0 bridgehead atoms. The Labute approximate surface area is 128 Å². The highest BCUT2D eigenvalue weighted by molar-refractivity contribution is 5.94. The molecule has 0 saturated carbocycles. The number of hydrogen-bond acceptors (Lipinski definition) is 3. The number of rotatable bonds is 9. The van der Waals surface area contributed by atoms with Gasteiger partial charge in [0.1, 0.15) is 5.75 Å². The number of benzene rings is 1. The van der Waals surface area contributed by atoms with E-state index in [4.69, 9.17) is 10.5 Å². The highest BCUT2D eigenvalue weighted by Gasteiger charge is 2.13. The Morgan fingerprint density at radius 3 is 2.48 bits per heavy atom. The third kappa shape index (κ3) is 6.63. The summed E-state index contributed by atoms with van der Waals surface area (Å²) in [5, 5.41) is 2.98. The molecule has 0 aliphatic heterocycles. The van der Waals surface area contributed by atoms with Crippen LogP contribution < -0.4 is 15.8 Å². The smallest absolute Gasteiger partial charge is 0.251 e. The summed E-state index contributed by atoms with van der Waals surface area (Å²) in [5.74, 6) is 1.23. The van der Waals surface area contributed by atoms with Gasteiger partial charge in [0.05, 0.1) is 6.61 Å². The SMILES string of the molecule is CCCCOc1ccc(C(=O)NC(CN)CC(C)C)cc1. The number of amides is 1. The Kier molecular flexibility index (Phi) is 7.83. The zero-order valence-electron chi connectivity index (χ0n) is 13.4. The molecule has 118 valence electrons. The number of unbranched alkanes of at least 4 members (excludes halogenated alkanes) is 1. The molecule has 1 aromatic rings. The average molecular weight is 292 g/mol. The minimum Gasteiger partial charge on any atom is -0.494 e. The lowest BCUT2D eigenvalue weighted by Crippen LogP contribution is -2.41. The fourth-order valence-corrected chi connectivity index (χ4v) is 2.09. The maximum Gasteiger partial charge on any atom is 0.251 e. The zero-order chi connectivity index (χ0) is 15.7. The van der Waals surface area contributed by atoms with Crippen LogP contribution in [0.15, 0.2) is 24.3 Å². The van der Waals surface area contributed by atoms with Gasteiger partial charge in [-0.1, -0.05) is 27.2 Å². The van der Waals surface area contributed by atoms with Crippen LogP contribution in [0.25, 0.3) is 0 Å². The van der Waals surface area contributed by atoms with Crippen molar-refractivity contribution in [2.75, 3.05) is 13.2 Å².